The zero-order valence-corrected chi connectivity index (χ0v) is 61.9. The van der Waals surface area contributed by atoms with E-state index in [0.29, 0.717) is 32.1 Å². The van der Waals surface area contributed by atoms with Crippen LogP contribution in [0.1, 0.15) is 175 Å². The van der Waals surface area contributed by atoms with Gasteiger partial charge in [-0.2, -0.15) is 0 Å². The molecule has 0 saturated carbocycles. The fraction of sp³-hybridized carbons (Fsp3) is 0.475. The van der Waals surface area contributed by atoms with E-state index in [1.807, 2.05) is 67.7 Å². The highest BCUT2D eigenvalue weighted by Gasteiger charge is 2.13. The fourth-order valence-electron chi connectivity index (χ4n) is 7.07. The van der Waals surface area contributed by atoms with Gasteiger partial charge in [0.05, 0.1) is 68.1 Å². The number of carbonyl (C=O) groups excluding carboxylic acids is 5. The van der Waals surface area contributed by atoms with Gasteiger partial charge in [-0.3, -0.25) is 28.8 Å². The van der Waals surface area contributed by atoms with Gasteiger partial charge in [-0.25, -0.2) is 0 Å². The molecular formula is C80H125N3O22. The number of carboxylic acids is 5. The highest BCUT2D eigenvalue weighted by molar-refractivity contribution is 5.84. The monoisotopic (exact) mass is 1480 g/mol. The predicted molar refractivity (Wildman–Crippen MR) is 402 cm³/mol. The number of aliphatic carboxylic acids is 5. The molecule has 0 rings (SSSR count). The average molecular weight is 1480 g/mol. The summed E-state index contributed by atoms with van der Waals surface area (Å²) in [6.45, 7) is 10.1. The van der Waals surface area contributed by atoms with E-state index in [1.165, 1.54) is 12.2 Å². The number of hydrogen-bond donors (Lipinski definition) is 14. The molecule has 0 aromatic carbocycles. The Morgan fingerprint density at radius 3 is 1.02 bits per heavy atom. The van der Waals surface area contributed by atoms with E-state index in [-0.39, 0.29) is 113 Å². The smallest absolute Gasteiger partial charge is 0.303 e. The van der Waals surface area contributed by atoms with Crippen LogP contribution in [0, 0.1) is 0 Å². The molecule has 592 valence electrons. The summed E-state index contributed by atoms with van der Waals surface area (Å²) in [5, 5.41) is 133. The second kappa shape index (κ2) is 82.6. The topological polar surface area (TPSA) is 511 Å². The third-order valence-corrected chi connectivity index (χ3v) is 13.0. The molecule has 0 aromatic rings. The fourth-order valence-corrected chi connectivity index (χ4v) is 7.07. The number of ketones is 3. The lowest BCUT2D eigenvalue weighted by atomic mass is 10.1. The summed E-state index contributed by atoms with van der Waals surface area (Å²) >= 11 is 0. The number of carboxylic acid groups (broad SMARTS) is 5. The maximum atomic E-state index is 10.7. The molecule has 8 atom stereocenters. The first kappa shape index (κ1) is 107. The Morgan fingerprint density at radius 2 is 0.667 bits per heavy atom. The second-order valence-electron chi connectivity index (χ2n) is 22.8. The van der Waals surface area contributed by atoms with Crippen molar-refractivity contribution in [3.63, 3.8) is 0 Å². The number of quaternary nitrogens is 3. The molecule has 25 nitrogen and oxygen atoms in total. The number of rotatable bonds is 54. The van der Waals surface area contributed by atoms with Crippen molar-refractivity contribution in [1.29, 1.82) is 0 Å². The van der Waals surface area contributed by atoms with Crippen LogP contribution in [-0.2, 0) is 38.4 Å². The van der Waals surface area contributed by atoms with E-state index >= 15 is 0 Å². The Kier molecular flexibility index (Phi) is 84.4. The van der Waals surface area contributed by atoms with Crippen molar-refractivity contribution in [2.45, 2.75) is 224 Å². The summed E-state index contributed by atoms with van der Waals surface area (Å²) in [6.07, 6.45) is 62.1. The molecule has 0 aliphatic heterocycles. The minimum Gasteiger partial charge on any atom is -0.876 e. The third-order valence-electron chi connectivity index (χ3n) is 13.0. The minimum atomic E-state index is -1.16. The quantitative estimate of drug-likeness (QED) is 0.0176. The van der Waals surface area contributed by atoms with E-state index < -0.39 is 78.7 Å². The number of aliphatic hydroxyl groups is 8. The van der Waals surface area contributed by atoms with Gasteiger partial charge in [-0.05, 0) is 96.3 Å². The molecule has 0 saturated heterocycles. The van der Waals surface area contributed by atoms with Crippen LogP contribution in [0.4, 0.5) is 0 Å². The summed E-state index contributed by atoms with van der Waals surface area (Å²) in [5.74, 6) is -5.41. The van der Waals surface area contributed by atoms with E-state index in [1.54, 1.807) is 122 Å². The van der Waals surface area contributed by atoms with Gasteiger partial charge in [0, 0.05) is 31.2 Å². The van der Waals surface area contributed by atoms with Crippen LogP contribution in [-0.4, -0.2) is 172 Å². The SMILES string of the molecule is C=C([O-])CC/C=C\C/C=C\C[C@H](O)/C=C/C=C\C=C\[C@@H](O)C/C=C\CC.CC/C=C\C[C@@H](O)/C=C/C=C\C=C\C=C\[C@@H](O)[C@@H](O)C/C=C\CCC(=O)[O-].CCCCC[C@H](O)/C=C/C=C\C=C\C=C\[C@@H](O)[C@@H](O)CCCC(=O)[O-].[NH3+]CC(=O)CCC(=O)O.[NH3+]CC(=O)CCC(=O)O.[NH3+]CC(=O)CCC(=O)O. The highest BCUT2D eigenvalue weighted by atomic mass is 16.4. The van der Waals surface area contributed by atoms with E-state index in [2.05, 4.69) is 37.6 Å². The number of Topliss-reactive ketones (excluding diaryl/α,β-unsaturated/α-hetero) is 3. The van der Waals surface area contributed by atoms with Crippen LogP contribution in [0.25, 0.3) is 0 Å². The molecule has 105 heavy (non-hydrogen) atoms. The van der Waals surface area contributed by atoms with Gasteiger partial charge in [-0.15, -0.1) is 12.3 Å². The normalized spacial score (nSPS) is 14.3. The van der Waals surface area contributed by atoms with E-state index in [9.17, 15) is 94.5 Å². The summed E-state index contributed by atoms with van der Waals surface area (Å²) in [4.78, 5) is 81.2. The molecule has 0 amide bonds. The third kappa shape index (κ3) is 99.5. The Hall–Kier alpha value is -8.70. The Morgan fingerprint density at radius 1 is 0.343 bits per heavy atom. The Bertz CT molecular complexity index is 2710. The number of carbonyl (C=O) groups is 8. The van der Waals surface area contributed by atoms with Crippen molar-refractivity contribution >= 4 is 47.2 Å². The largest absolute Gasteiger partial charge is 0.876 e. The maximum Gasteiger partial charge on any atom is 0.303 e. The first-order valence-electron chi connectivity index (χ1n) is 35.4. The molecule has 0 heterocycles. The van der Waals surface area contributed by atoms with Gasteiger partial charge < -0.3 is 98.3 Å². The van der Waals surface area contributed by atoms with Gasteiger partial charge in [-0.1, -0.05) is 234 Å². The lowest BCUT2D eigenvalue weighted by Crippen LogP contribution is -2.54. The van der Waals surface area contributed by atoms with Crippen molar-refractivity contribution in [2.24, 2.45) is 0 Å². The van der Waals surface area contributed by atoms with Crippen LogP contribution in [0.5, 0.6) is 0 Å². The predicted octanol–water partition coefficient (Wildman–Crippen LogP) is 4.19. The Balaban J connectivity index is -0.000000297. The average Bonchev–Trinajstić information content (AvgIpc) is 1.40. The van der Waals surface area contributed by atoms with Crippen LogP contribution >= 0.6 is 0 Å². The molecule has 0 aromatic heterocycles. The molecule has 0 aliphatic carbocycles. The zero-order valence-electron chi connectivity index (χ0n) is 61.9. The molecule has 0 bridgehead atoms. The molecule has 0 aliphatic rings. The molecule has 0 radical (unpaired) electrons. The van der Waals surface area contributed by atoms with Crippen molar-refractivity contribution in [3.05, 3.63) is 207 Å². The summed E-state index contributed by atoms with van der Waals surface area (Å²) in [7, 11) is 0. The van der Waals surface area contributed by atoms with Crippen LogP contribution in [0.15, 0.2) is 207 Å². The molecular weight excluding hydrogens is 1350 g/mol. The molecule has 20 N–H and O–H groups in total. The van der Waals surface area contributed by atoms with E-state index in [4.69, 9.17) is 15.3 Å². The molecule has 0 unspecified atom stereocenters. The number of allylic oxidation sites excluding steroid dienone is 23. The lowest BCUT2D eigenvalue weighted by Gasteiger charge is -2.14. The van der Waals surface area contributed by atoms with E-state index in [0.717, 1.165) is 51.4 Å². The molecule has 0 spiro atoms. The van der Waals surface area contributed by atoms with Gasteiger partial charge in [0.15, 0.2) is 17.3 Å². The van der Waals surface area contributed by atoms with Crippen molar-refractivity contribution in [3.8, 4) is 0 Å². The summed E-state index contributed by atoms with van der Waals surface area (Å²) in [5.41, 5.74) is 9.96. The van der Waals surface area contributed by atoms with Crippen molar-refractivity contribution < 1.29 is 127 Å². The maximum absolute atomic E-state index is 10.7. The highest BCUT2D eigenvalue weighted by Crippen LogP contribution is 2.09. The summed E-state index contributed by atoms with van der Waals surface area (Å²) < 4.78 is 0. The van der Waals surface area contributed by atoms with Crippen molar-refractivity contribution in [2.75, 3.05) is 19.6 Å². The van der Waals surface area contributed by atoms with Crippen LogP contribution in [0.2, 0.25) is 0 Å². The van der Waals surface area contributed by atoms with Gasteiger partial charge in [0.2, 0.25) is 0 Å². The minimum absolute atomic E-state index is 0.0371. The standard InChI is InChI=1S/C23H34O3.C22H32O5.C20H32O5.3C5H9NO3/c1-3-4-11-17-22(25)19-14-9-10-15-20-23(26)18-13-8-6-5-7-12-16-21(2)24;1-2-3-9-14-19(23)15-10-6-4-5-7-11-16-20(24)21(25)17-12-8-13-18-22(26)27;1-2-3-8-12-17(21)13-9-6-4-5-7-10-14-18(22)19(23)15-11-16-20(24)25;3*6-3-4(7)1-2-5(8)9/h4-5,7-11,13-15,19-20,22-26H,2-3,6,12,16-18H2,1H3;3-12,15-16,19-21,23-25H,2,13-14,17-18H2,1H3,(H,26,27);4-7,9-10,13-14,17-19,21-23H,2-3,8,11-12,15-16H2,1H3,(H,24,25);3*1-3,6H2,(H,8,9)/b7-5-,10-9-,11-4-,13-8-,19-14+,20-15+;6-4-,7-5+,9-3-,12-8-,15-10+,16-11+;6-4-,7-5+,13-9+,14-10+;;;/t22-,23-;19-,20-,21+;17-,18+,19-;;;/m010.../s1. The van der Waals surface area contributed by atoms with Crippen molar-refractivity contribution in [1.82, 2.24) is 0 Å². The molecule has 0 fully saturated rings. The zero-order chi connectivity index (χ0) is 80.5. The molecule has 25 heteroatoms. The number of unbranched alkanes of at least 4 members (excludes halogenated alkanes) is 2. The van der Waals surface area contributed by atoms with Crippen LogP contribution in [0.3, 0.4) is 0 Å². The van der Waals surface area contributed by atoms with Gasteiger partial charge in [0.25, 0.3) is 0 Å². The second-order valence-corrected chi connectivity index (χ2v) is 22.8. The number of aliphatic hydroxyl groups excluding tert-OH is 8. The first-order valence-corrected chi connectivity index (χ1v) is 35.4. The summed E-state index contributed by atoms with van der Waals surface area (Å²) in [6, 6.07) is 0. The first-order chi connectivity index (χ1) is 50.0. The Labute approximate surface area is 621 Å². The van der Waals surface area contributed by atoms with Crippen LogP contribution < -0.4 is 32.5 Å². The van der Waals surface area contributed by atoms with Gasteiger partial charge in [0.1, 0.15) is 19.6 Å². The number of hydrogen-bond acceptors (Lipinski definition) is 19. The lowest BCUT2D eigenvalue weighted by molar-refractivity contribution is -0.354. The van der Waals surface area contributed by atoms with Gasteiger partial charge >= 0.3 is 17.9 Å².